The maximum Gasteiger partial charge on any atom is 0.414 e. The summed E-state index contributed by atoms with van der Waals surface area (Å²) in [6.07, 6.45) is 5.84. The molecule has 4 aromatic rings. The van der Waals surface area contributed by atoms with E-state index >= 15 is 0 Å². The molecule has 42 heavy (non-hydrogen) atoms. The van der Waals surface area contributed by atoms with Gasteiger partial charge in [0.15, 0.2) is 0 Å². The zero-order valence-electron chi connectivity index (χ0n) is 25.0. The molecule has 8 nitrogen and oxygen atoms in total. The molecule has 0 N–H and O–H groups in total. The Morgan fingerprint density at radius 1 is 0.976 bits per heavy atom. The molecule has 0 spiro atoms. The Hall–Kier alpha value is -4.61. The van der Waals surface area contributed by atoms with E-state index in [0.29, 0.717) is 29.7 Å². The third-order valence-electron chi connectivity index (χ3n) is 7.00. The predicted molar refractivity (Wildman–Crippen MR) is 167 cm³/mol. The number of ether oxygens (including phenoxy) is 2. The molecule has 8 heteroatoms. The van der Waals surface area contributed by atoms with E-state index in [0.717, 1.165) is 35.0 Å². The van der Waals surface area contributed by atoms with Crippen molar-refractivity contribution >= 4 is 17.0 Å². The maximum absolute atomic E-state index is 13.4. The summed E-state index contributed by atoms with van der Waals surface area (Å²) in [4.78, 5) is 34.0. The molecule has 0 saturated heterocycles. The number of hydrogen-bond donors (Lipinski definition) is 0. The molecule has 0 aliphatic carbocycles. The van der Waals surface area contributed by atoms with Crippen LogP contribution in [0.4, 0.5) is 4.79 Å². The summed E-state index contributed by atoms with van der Waals surface area (Å²) >= 11 is 0. The Labute approximate surface area is 247 Å². The van der Waals surface area contributed by atoms with Gasteiger partial charge in [0, 0.05) is 24.5 Å². The number of terminal acetylenes is 1. The van der Waals surface area contributed by atoms with Crippen molar-refractivity contribution in [3.8, 4) is 35.1 Å². The van der Waals surface area contributed by atoms with Crippen LogP contribution in [-0.4, -0.2) is 66.3 Å². The molecule has 1 amide bonds. The molecule has 1 heterocycles. The molecule has 0 aliphatic rings. The normalized spacial score (nSPS) is 11.1. The number of aromatic nitrogens is 2. The Kier molecular flexibility index (Phi) is 10.00. The molecule has 0 fully saturated rings. The van der Waals surface area contributed by atoms with Crippen LogP contribution in [0.2, 0.25) is 0 Å². The van der Waals surface area contributed by atoms with Crippen molar-refractivity contribution in [1.82, 2.24) is 19.4 Å². The first-order chi connectivity index (χ1) is 20.2. The zero-order valence-corrected chi connectivity index (χ0v) is 25.0. The highest BCUT2D eigenvalue weighted by Crippen LogP contribution is 2.30. The van der Waals surface area contributed by atoms with Crippen molar-refractivity contribution in [2.75, 3.05) is 40.8 Å². The van der Waals surface area contributed by atoms with E-state index in [1.807, 2.05) is 50.5 Å². The average molecular weight is 567 g/mol. The first kappa shape index (κ1) is 30.4. The fourth-order valence-electron chi connectivity index (χ4n) is 4.61. The SMILES string of the molecule is C#CCOc1ccc2c(c1)c(-c1ccc(C(C)C)cc1)nc(=O)n2Cc1ccc(OC(=O)N(C)CCCN(C)C)cc1. The minimum atomic E-state index is -0.409. The molecule has 0 saturated carbocycles. The standard InChI is InChI=1S/C34H38N4O4/c1-7-21-41-29-17-18-31-30(22-29)32(27-13-11-26(12-14-27)24(2)3)35-33(39)38(31)23-25-9-15-28(16-10-25)42-34(40)37(6)20-8-19-36(4)5/h1,9-18,22,24H,8,19-21,23H2,2-6H3. The van der Waals surface area contributed by atoms with Crippen LogP contribution in [0, 0.1) is 12.3 Å². The number of amides is 1. The van der Waals surface area contributed by atoms with Crippen LogP contribution in [0.15, 0.2) is 71.5 Å². The van der Waals surface area contributed by atoms with Gasteiger partial charge in [0.25, 0.3) is 0 Å². The Balaban J connectivity index is 1.60. The molecule has 0 unspecified atom stereocenters. The molecule has 218 valence electrons. The van der Waals surface area contributed by atoms with E-state index in [1.165, 1.54) is 5.56 Å². The van der Waals surface area contributed by atoms with E-state index in [-0.39, 0.29) is 18.8 Å². The van der Waals surface area contributed by atoms with E-state index in [9.17, 15) is 9.59 Å². The van der Waals surface area contributed by atoms with Gasteiger partial charge >= 0.3 is 11.8 Å². The first-order valence-corrected chi connectivity index (χ1v) is 14.0. The van der Waals surface area contributed by atoms with Gasteiger partial charge in [-0.3, -0.25) is 4.57 Å². The van der Waals surface area contributed by atoms with Crippen LogP contribution in [-0.2, 0) is 6.54 Å². The number of carbonyl (C=O) groups excluding carboxylic acids is 1. The number of carbonyl (C=O) groups is 1. The van der Waals surface area contributed by atoms with Gasteiger partial charge in [-0.2, -0.15) is 4.98 Å². The molecular weight excluding hydrogens is 528 g/mol. The van der Waals surface area contributed by atoms with Gasteiger partial charge in [-0.25, -0.2) is 9.59 Å². The number of nitrogens with zero attached hydrogens (tertiary/aromatic N) is 4. The molecule has 1 aromatic heterocycles. The van der Waals surface area contributed by atoms with E-state index in [4.69, 9.17) is 15.9 Å². The highest BCUT2D eigenvalue weighted by Gasteiger charge is 2.15. The number of hydrogen-bond acceptors (Lipinski definition) is 6. The predicted octanol–water partition coefficient (Wildman–Crippen LogP) is 5.63. The molecule has 3 aromatic carbocycles. The van der Waals surface area contributed by atoms with Crippen molar-refractivity contribution in [2.45, 2.75) is 32.7 Å². The van der Waals surface area contributed by atoms with Crippen LogP contribution >= 0.6 is 0 Å². The Morgan fingerprint density at radius 2 is 1.67 bits per heavy atom. The second kappa shape index (κ2) is 13.8. The summed E-state index contributed by atoms with van der Waals surface area (Å²) in [5.41, 5.74) is 3.87. The summed E-state index contributed by atoms with van der Waals surface area (Å²) in [5.74, 6) is 3.92. The number of fused-ring (bicyclic) bond motifs is 1. The Bertz CT molecular complexity index is 1620. The third kappa shape index (κ3) is 7.56. The lowest BCUT2D eigenvalue weighted by Crippen LogP contribution is -2.32. The molecule has 0 atom stereocenters. The van der Waals surface area contributed by atoms with Crippen LogP contribution < -0.4 is 15.2 Å². The number of benzene rings is 3. The molecule has 0 aliphatic heterocycles. The van der Waals surface area contributed by atoms with Crippen LogP contribution in [0.3, 0.4) is 0 Å². The van der Waals surface area contributed by atoms with Crippen LogP contribution in [0.1, 0.15) is 37.3 Å². The zero-order chi connectivity index (χ0) is 30.2. The smallest absolute Gasteiger partial charge is 0.414 e. The average Bonchev–Trinajstić information content (AvgIpc) is 2.98. The van der Waals surface area contributed by atoms with Gasteiger partial charge in [-0.05, 0) is 74.4 Å². The topological polar surface area (TPSA) is 76.9 Å². The lowest BCUT2D eigenvalue weighted by Gasteiger charge is -2.18. The maximum atomic E-state index is 13.4. The highest BCUT2D eigenvalue weighted by atomic mass is 16.6. The first-order valence-electron chi connectivity index (χ1n) is 14.0. The molecular formula is C34H38N4O4. The summed E-state index contributed by atoms with van der Waals surface area (Å²) in [6, 6.07) is 20.8. The van der Waals surface area contributed by atoms with Gasteiger partial charge in [-0.15, -0.1) is 6.42 Å². The minimum absolute atomic E-state index is 0.139. The van der Waals surface area contributed by atoms with Gasteiger partial charge in [0.2, 0.25) is 0 Å². The summed E-state index contributed by atoms with van der Waals surface area (Å²) < 4.78 is 12.8. The van der Waals surface area contributed by atoms with E-state index in [1.54, 1.807) is 34.7 Å². The number of rotatable bonds is 11. The quantitative estimate of drug-likeness (QED) is 0.219. The van der Waals surface area contributed by atoms with Crippen molar-refractivity contribution < 1.29 is 14.3 Å². The molecule has 4 rings (SSSR count). The largest absolute Gasteiger partial charge is 0.481 e. The fourth-order valence-corrected chi connectivity index (χ4v) is 4.61. The lowest BCUT2D eigenvalue weighted by molar-refractivity contribution is 0.161. The Morgan fingerprint density at radius 3 is 2.31 bits per heavy atom. The van der Waals surface area contributed by atoms with Crippen LogP contribution in [0.5, 0.6) is 11.5 Å². The second-order valence-corrected chi connectivity index (χ2v) is 10.9. The minimum Gasteiger partial charge on any atom is -0.481 e. The van der Waals surface area contributed by atoms with Gasteiger partial charge in [0.1, 0.15) is 18.1 Å². The van der Waals surface area contributed by atoms with Crippen LogP contribution in [0.25, 0.3) is 22.2 Å². The lowest BCUT2D eigenvalue weighted by atomic mass is 9.99. The van der Waals surface area contributed by atoms with E-state index < -0.39 is 6.09 Å². The van der Waals surface area contributed by atoms with Crippen molar-refractivity contribution in [1.29, 1.82) is 0 Å². The van der Waals surface area contributed by atoms with Crippen molar-refractivity contribution in [2.24, 2.45) is 0 Å². The summed E-state index contributed by atoms with van der Waals surface area (Å²) in [6.45, 7) is 6.20. The highest BCUT2D eigenvalue weighted by molar-refractivity contribution is 5.93. The van der Waals surface area contributed by atoms with Crippen molar-refractivity contribution in [3.63, 3.8) is 0 Å². The van der Waals surface area contributed by atoms with Crippen molar-refractivity contribution in [3.05, 3.63) is 88.3 Å². The van der Waals surface area contributed by atoms with E-state index in [2.05, 4.69) is 41.8 Å². The van der Waals surface area contributed by atoms with Gasteiger partial charge < -0.3 is 19.3 Å². The third-order valence-corrected chi connectivity index (χ3v) is 7.00. The molecule has 0 radical (unpaired) electrons. The molecule has 0 bridgehead atoms. The van der Waals surface area contributed by atoms with Gasteiger partial charge in [-0.1, -0.05) is 56.2 Å². The second-order valence-electron chi connectivity index (χ2n) is 10.9. The summed E-state index contributed by atoms with van der Waals surface area (Å²) in [5, 5.41) is 0.782. The summed E-state index contributed by atoms with van der Waals surface area (Å²) in [7, 11) is 5.72. The monoisotopic (exact) mass is 566 g/mol. The fraction of sp³-hybridized carbons (Fsp3) is 0.324. The van der Waals surface area contributed by atoms with Gasteiger partial charge in [0.05, 0.1) is 17.8 Å².